The Morgan fingerprint density at radius 2 is 2.21 bits per heavy atom. The molecule has 1 unspecified atom stereocenters. The highest BCUT2D eigenvalue weighted by Gasteiger charge is 2.36. The van der Waals surface area contributed by atoms with Gasteiger partial charge in [-0.1, -0.05) is 17.3 Å². The Labute approximate surface area is 111 Å². The van der Waals surface area contributed by atoms with Gasteiger partial charge in [0.1, 0.15) is 6.10 Å². The molecule has 0 bridgehead atoms. The number of aromatic nitrogens is 2. The number of nitrogen functional groups attached to an aromatic ring is 1. The monoisotopic (exact) mass is 259 g/mol. The number of benzene rings is 1. The molecular weight excluding hydrogens is 242 g/mol. The number of nitrogens with two attached hydrogens (primary N) is 1. The molecule has 1 heterocycles. The molecular formula is C14H17N3O2. The molecule has 1 aromatic heterocycles. The summed E-state index contributed by atoms with van der Waals surface area (Å²) < 4.78 is 11.0. The molecule has 5 nitrogen and oxygen atoms in total. The summed E-state index contributed by atoms with van der Waals surface area (Å²) in [5.74, 6) is 1.61. The summed E-state index contributed by atoms with van der Waals surface area (Å²) in [6, 6.07) is 7.47. The van der Waals surface area contributed by atoms with Crippen LogP contribution in [0.15, 0.2) is 28.8 Å². The molecule has 1 aromatic carbocycles. The highest BCUT2D eigenvalue weighted by molar-refractivity contribution is 5.69. The smallest absolute Gasteiger partial charge is 0.260 e. The Balaban J connectivity index is 1.88. The van der Waals surface area contributed by atoms with Gasteiger partial charge in [0.2, 0.25) is 5.82 Å². The summed E-state index contributed by atoms with van der Waals surface area (Å²) in [6.07, 6.45) is 2.29. The lowest BCUT2D eigenvalue weighted by atomic mass is 10.2. The second-order valence-corrected chi connectivity index (χ2v) is 4.76. The average Bonchev–Trinajstić information content (AvgIpc) is 3.14. The molecule has 3 rings (SSSR count). The van der Waals surface area contributed by atoms with Gasteiger partial charge in [0, 0.05) is 12.3 Å². The van der Waals surface area contributed by atoms with Crippen molar-refractivity contribution in [2.45, 2.75) is 25.9 Å². The van der Waals surface area contributed by atoms with Gasteiger partial charge in [0.05, 0.1) is 5.56 Å². The Morgan fingerprint density at radius 3 is 2.89 bits per heavy atom. The van der Waals surface area contributed by atoms with E-state index in [-0.39, 0.29) is 6.10 Å². The lowest BCUT2D eigenvalue weighted by molar-refractivity contribution is 0.0385. The summed E-state index contributed by atoms with van der Waals surface area (Å²) >= 11 is 0. The number of nitrogens with zero attached hydrogens (tertiary/aromatic N) is 2. The predicted octanol–water partition coefficient (Wildman–Crippen LogP) is 2.81. The van der Waals surface area contributed by atoms with Crippen molar-refractivity contribution in [2.24, 2.45) is 5.92 Å². The maximum absolute atomic E-state index is 5.91. The fourth-order valence-electron chi connectivity index (χ4n) is 2.15. The Morgan fingerprint density at radius 1 is 1.42 bits per heavy atom. The molecule has 100 valence electrons. The molecule has 5 heteroatoms. The van der Waals surface area contributed by atoms with Crippen molar-refractivity contribution in [3.05, 3.63) is 30.1 Å². The first kappa shape index (κ1) is 12.2. The Bertz CT molecular complexity index is 563. The maximum Gasteiger partial charge on any atom is 0.260 e. The van der Waals surface area contributed by atoms with Crippen molar-refractivity contribution in [2.75, 3.05) is 12.3 Å². The van der Waals surface area contributed by atoms with Crippen molar-refractivity contribution in [1.82, 2.24) is 10.1 Å². The molecule has 1 aliphatic rings. The van der Waals surface area contributed by atoms with Gasteiger partial charge < -0.3 is 15.0 Å². The fourth-order valence-corrected chi connectivity index (χ4v) is 2.15. The summed E-state index contributed by atoms with van der Waals surface area (Å²) in [5.41, 5.74) is 7.32. The zero-order chi connectivity index (χ0) is 13.2. The lowest BCUT2D eigenvalue weighted by Crippen LogP contribution is -2.08. The van der Waals surface area contributed by atoms with Gasteiger partial charge in [0.15, 0.2) is 0 Å². The second-order valence-electron chi connectivity index (χ2n) is 4.76. The Hall–Kier alpha value is -1.88. The third-order valence-electron chi connectivity index (χ3n) is 3.28. The fraction of sp³-hybridized carbons (Fsp3) is 0.429. The van der Waals surface area contributed by atoms with E-state index >= 15 is 0 Å². The molecule has 0 amide bonds. The van der Waals surface area contributed by atoms with E-state index in [2.05, 4.69) is 10.1 Å². The van der Waals surface area contributed by atoms with Crippen molar-refractivity contribution in [3.63, 3.8) is 0 Å². The van der Waals surface area contributed by atoms with E-state index in [0.717, 1.165) is 5.56 Å². The molecule has 1 atom stereocenters. The molecule has 2 N–H and O–H groups in total. The molecule has 0 spiro atoms. The van der Waals surface area contributed by atoms with Gasteiger partial charge in [0.25, 0.3) is 5.89 Å². The minimum Gasteiger partial charge on any atom is -0.398 e. The minimum absolute atomic E-state index is 0.0487. The molecule has 19 heavy (non-hydrogen) atoms. The topological polar surface area (TPSA) is 74.2 Å². The van der Waals surface area contributed by atoms with E-state index in [9.17, 15) is 0 Å². The minimum atomic E-state index is -0.0487. The largest absolute Gasteiger partial charge is 0.398 e. The standard InChI is InChI=1S/C14H17N3O2/c1-2-18-12(9-7-8-9)13-16-14(19-17-13)10-5-3-4-6-11(10)15/h3-6,9,12H,2,7-8,15H2,1H3. The van der Waals surface area contributed by atoms with Crippen LogP contribution in [0.4, 0.5) is 5.69 Å². The highest BCUT2D eigenvalue weighted by atomic mass is 16.5. The van der Waals surface area contributed by atoms with Crippen LogP contribution in [0.2, 0.25) is 0 Å². The number of para-hydroxylation sites is 1. The molecule has 0 saturated heterocycles. The predicted molar refractivity (Wildman–Crippen MR) is 71.2 cm³/mol. The van der Waals surface area contributed by atoms with Gasteiger partial charge in [-0.25, -0.2) is 0 Å². The van der Waals surface area contributed by atoms with E-state index in [1.807, 2.05) is 31.2 Å². The number of rotatable bonds is 5. The van der Waals surface area contributed by atoms with Gasteiger partial charge in [-0.15, -0.1) is 0 Å². The summed E-state index contributed by atoms with van der Waals surface area (Å²) in [6.45, 7) is 2.63. The molecule has 0 radical (unpaired) electrons. The third-order valence-corrected chi connectivity index (χ3v) is 3.28. The summed E-state index contributed by atoms with van der Waals surface area (Å²) in [5, 5.41) is 4.05. The van der Waals surface area contributed by atoms with Crippen molar-refractivity contribution < 1.29 is 9.26 Å². The van der Waals surface area contributed by atoms with Crippen LogP contribution >= 0.6 is 0 Å². The number of ether oxygens (including phenoxy) is 1. The molecule has 1 fully saturated rings. The molecule has 1 saturated carbocycles. The van der Waals surface area contributed by atoms with E-state index < -0.39 is 0 Å². The number of anilines is 1. The van der Waals surface area contributed by atoms with Crippen LogP contribution in [-0.2, 0) is 4.74 Å². The van der Waals surface area contributed by atoms with Crippen LogP contribution in [0, 0.1) is 5.92 Å². The first-order chi connectivity index (χ1) is 9.29. The van der Waals surface area contributed by atoms with E-state index in [1.165, 1.54) is 12.8 Å². The highest BCUT2D eigenvalue weighted by Crippen LogP contribution is 2.42. The third kappa shape index (κ3) is 2.46. The quantitative estimate of drug-likeness (QED) is 0.836. The Kier molecular flexibility index (Phi) is 3.21. The van der Waals surface area contributed by atoms with Crippen LogP contribution in [0.5, 0.6) is 0 Å². The van der Waals surface area contributed by atoms with Gasteiger partial charge in [-0.2, -0.15) is 4.98 Å². The van der Waals surface area contributed by atoms with Crippen LogP contribution in [0.3, 0.4) is 0 Å². The van der Waals surface area contributed by atoms with E-state index in [0.29, 0.717) is 29.9 Å². The van der Waals surface area contributed by atoms with Gasteiger partial charge >= 0.3 is 0 Å². The lowest BCUT2D eigenvalue weighted by Gasteiger charge is -2.11. The second kappa shape index (κ2) is 5.01. The molecule has 2 aromatic rings. The molecule has 1 aliphatic carbocycles. The van der Waals surface area contributed by atoms with Crippen LogP contribution < -0.4 is 5.73 Å². The zero-order valence-corrected chi connectivity index (χ0v) is 10.9. The summed E-state index contributed by atoms with van der Waals surface area (Å²) in [4.78, 5) is 4.44. The zero-order valence-electron chi connectivity index (χ0n) is 10.9. The van der Waals surface area contributed by atoms with Gasteiger partial charge in [-0.05, 0) is 37.8 Å². The van der Waals surface area contributed by atoms with Crippen LogP contribution in [0.1, 0.15) is 31.7 Å². The number of hydrogen-bond donors (Lipinski definition) is 1. The normalized spacial score (nSPS) is 16.5. The first-order valence-corrected chi connectivity index (χ1v) is 6.59. The number of hydrogen-bond acceptors (Lipinski definition) is 5. The first-order valence-electron chi connectivity index (χ1n) is 6.59. The van der Waals surface area contributed by atoms with Crippen molar-refractivity contribution in [3.8, 4) is 11.5 Å². The van der Waals surface area contributed by atoms with Crippen molar-refractivity contribution in [1.29, 1.82) is 0 Å². The maximum atomic E-state index is 5.91. The summed E-state index contributed by atoms with van der Waals surface area (Å²) in [7, 11) is 0. The van der Waals surface area contributed by atoms with Crippen molar-refractivity contribution >= 4 is 5.69 Å². The average molecular weight is 259 g/mol. The van der Waals surface area contributed by atoms with E-state index in [1.54, 1.807) is 0 Å². The van der Waals surface area contributed by atoms with Gasteiger partial charge in [-0.3, -0.25) is 0 Å². The molecule has 0 aliphatic heterocycles. The van der Waals surface area contributed by atoms with Crippen LogP contribution in [0.25, 0.3) is 11.5 Å². The van der Waals surface area contributed by atoms with E-state index in [4.69, 9.17) is 15.0 Å². The van der Waals surface area contributed by atoms with Crippen LogP contribution in [-0.4, -0.2) is 16.7 Å². The SMILES string of the molecule is CCOC(c1noc(-c2ccccc2N)n1)C1CC1.